The first-order chi connectivity index (χ1) is 10.4. The fraction of sp³-hybridized carbons (Fsp3) is 1.00. The third kappa shape index (κ3) is 4.53. The molecular weight excluding hydrogens is 278 g/mol. The van der Waals surface area contributed by atoms with E-state index in [1.165, 1.54) is 51.6 Å². The van der Waals surface area contributed by atoms with Crippen molar-refractivity contribution in [1.29, 1.82) is 0 Å². The van der Waals surface area contributed by atoms with E-state index in [4.69, 9.17) is 0 Å². The van der Waals surface area contributed by atoms with Crippen LogP contribution in [0.4, 0.5) is 0 Å². The van der Waals surface area contributed by atoms with Gasteiger partial charge in [-0.1, -0.05) is 41.5 Å². The quantitative estimate of drug-likeness (QED) is 0.570. The molecule has 0 N–H and O–H groups in total. The van der Waals surface area contributed by atoms with Crippen LogP contribution in [-0.4, -0.2) is 23.5 Å². The predicted molar refractivity (Wildman–Crippen MR) is 103 cm³/mol. The van der Waals surface area contributed by atoms with Crippen LogP contribution in [0.5, 0.6) is 0 Å². The maximum Gasteiger partial charge on any atom is 0.0181 e. The van der Waals surface area contributed by atoms with Crippen molar-refractivity contribution in [2.24, 2.45) is 28.6 Å². The van der Waals surface area contributed by atoms with Crippen molar-refractivity contribution in [1.82, 2.24) is 4.90 Å². The Morgan fingerprint density at radius 1 is 0.522 bits per heavy atom. The predicted octanol–water partition coefficient (Wildman–Crippen LogP) is 6.38. The average Bonchev–Trinajstić information content (AvgIpc) is 2.46. The molecule has 136 valence electrons. The molecule has 1 aliphatic heterocycles. The Morgan fingerprint density at radius 2 is 0.870 bits per heavy atom. The van der Waals surface area contributed by atoms with E-state index in [9.17, 15) is 0 Å². The summed E-state index contributed by atoms with van der Waals surface area (Å²) >= 11 is 0. The highest BCUT2D eigenvalue weighted by Crippen LogP contribution is 2.45. The molecule has 1 saturated heterocycles. The van der Waals surface area contributed by atoms with Gasteiger partial charge in [0, 0.05) is 5.54 Å². The zero-order valence-corrected chi connectivity index (χ0v) is 17.3. The lowest BCUT2D eigenvalue weighted by Gasteiger charge is -2.51. The van der Waals surface area contributed by atoms with Crippen LogP contribution in [0, 0.1) is 28.6 Å². The summed E-state index contributed by atoms with van der Waals surface area (Å²) in [5.41, 5.74) is 1.38. The summed E-state index contributed by atoms with van der Waals surface area (Å²) < 4.78 is 0. The highest BCUT2D eigenvalue weighted by atomic mass is 15.2. The van der Waals surface area contributed by atoms with Gasteiger partial charge in [0.15, 0.2) is 0 Å². The minimum atomic E-state index is 0.395. The SMILES string of the molecule is CC(C)(C)C1CCC(C(C)(C)N2CCC(C(C)(C)C)CC2)CC1. The first-order valence-corrected chi connectivity index (χ1v) is 10.2. The van der Waals surface area contributed by atoms with E-state index in [1.807, 2.05) is 0 Å². The van der Waals surface area contributed by atoms with Gasteiger partial charge < -0.3 is 0 Å². The molecule has 2 rings (SSSR count). The van der Waals surface area contributed by atoms with E-state index in [0.29, 0.717) is 16.4 Å². The van der Waals surface area contributed by atoms with Gasteiger partial charge >= 0.3 is 0 Å². The summed E-state index contributed by atoms with van der Waals surface area (Å²) in [6.45, 7) is 22.3. The minimum Gasteiger partial charge on any atom is -0.298 e. The van der Waals surface area contributed by atoms with Crippen LogP contribution < -0.4 is 0 Å². The summed E-state index contributed by atoms with van der Waals surface area (Å²) in [7, 11) is 0. The first kappa shape index (κ1) is 19.3. The largest absolute Gasteiger partial charge is 0.298 e. The molecule has 1 heterocycles. The number of rotatable bonds is 2. The molecular formula is C22H43N. The normalized spacial score (nSPS) is 29.7. The molecule has 0 atom stereocenters. The third-order valence-corrected chi connectivity index (χ3v) is 7.49. The molecule has 1 saturated carbocycles. The Bertz CT molecular complexity index is 330. The van der Waals surface area contributed by atoms with Gasteiger partial charge in [-0.2, -0.15) is 0 Å². The lowest BCUT2D eigenvalue weighted by atomic mass is 9.65. The maximum atomic E-state index is 2.83. The van der Waals surface area contributed by atoms with Crippen molar-refractivity contribution >= 4 is 0 Å². The average molecular weight is 322 g/mol. The molecule has 0 amide bonds. The molecule has 2 fully saturated rings. The molecule has 0 radical (unpaired) electrons. The molecule has 1 heteroatoms. The highest BCUT2D eigenvalue weighted by Gasteiger charge is 2.41. The van der Waals surface area contributed by atoms with Crippen molar-refractivity contribution in [2.45, 2.75) is 99.5 Å². The summed E-state index contributed by atoms with van der Waals surface area (Å²) in [6.07, 6.45) is 8.54. The van der Waals surface area contributed by atoms with E-state index in [1.54, 1.807) is 0 Å². The van der Waals surface area contributed by atoms with Crippen LogP contribution in [0.3, 0.4) is 0 Å². The molecule has 0 bridgehead atoms. The Hall–Kier alpha value is -0.0400. The summed E-state index contributed by atoms with van der Waals surface area (Å²) in [5, 5.41) is 0. The lowest BCUT2D eigenvalue weighted by Crippen LogP contribution is -2.54. The second-order valence-corrected chi connectivity index (χ2v) is 11.2. The molecule has 0 unspecified atom stereocenters. The van der Waals surface area contributed by atoms with Crippen LogP contribution >= 0.6 is 0 Å². The van der Waals surface area contributed by atoms with Crippen LogP contribution in [-0.2, 0) is 0 Å². The van der Waals surface area contributed by atoms with E-state index in [0.717, 1.165) is 17.8 Å². The number of likely N-dealkylation sites (tertiary alicyclic amines) is 1. The van der Waals surface area contributed by atoms with Gasteiger partial charge in [0.2, 0.25) is 0 Å². The molecule has 0 spiro atoms. The van der Waals surface area contributed by atoms with Crippen molar-refractivity contribution in [3.63, 3.8) is 0 Å². The summed E-state index contributed by atoms with van der Waals surface area (Å²) in [6, 6.07) is 0. The topological polar surface area (TPSA) is 3.24 Å². The number of piperidine rings is 1. The van der Waals surface area contributed by atoms with Crippen molar-refractivity contribution in [3.05, 3.63) is 0 Å². The van der Waals surface area contributed by atoms with Gasteiger partial charge in [-0.25, -0.2) is 0 Å². The minimum absolute atomic E-state index is 0.395. The molecule has 1 nitrogen and oxygen atoms in total. The molecule has 0 aromatic rings. The molecule has 0 aromatic heterocycles. The zero-order chi connectivity index (χ0) is 17.5. The number of hydrogen-bond donors (Lipinski definition) is 0. The fourth-order valence-corrected chi connectivity index (χ4v) is 5.25. The molecule has 0 aromatic carbocycles. The van der Waals surface area contributed by atoms with Gasteiger partial charge in [-0.05, 0) is 94.0 Å². The Balaban J connectivity index is 1.91. The fourth-order valence-electron chi connectivity index (χ4n) is 5.25. The Kier molecular flexibility index (Phi) is 5.61. The molecule has 2 aliphatic rings. The van der Waals surface area contributed by atoms with Gasteiger partial charge in [0.05, 0.1) is 0 Å². The second kappa shape index (κ2) is 6.70. The van der Waals surface area contributed by atoms with E-state index in [-0.39, 0.29) is 0 Å². The van der Waals surface area contributed by atoms with Crippen LogP contribution in [0.25, 0.3) is 0 Å². The second-order valence-electron chi connectivity index (χ2n) is 11.2. The van der Waals surface area contributed by atoms with Crippen molar-refractivity contribution in [2.75, 3.05) is 13.1 Å². The number of hydrogen-bond acceptors (Lipinski definition) is 1. The molecule has 1 aliphatic carbocycles. The third-order valence-electron chi connectivity index (χ3n) is 7.49. The summed E-state index contributed by atoms with van der Waals surface area (Å²) in [5.74, 6) is 2.74. The van der Waals surface area contributed by atoms with E-state index < -0.39 is 0 Å². The maximum absolute atomic E-state index is 2.83. The Labute approximate surface area is 146 Å². The number of nitrogens with zero attached hydrogens (tertiary/aromatic N) is 1. The summed E-state index contributed by atoms with van der Waals surface area (Å²) in [4.78, 5) is 2.83. The molecule has 23 heavy (non-hydrogen) atoms. The highest BCUT2D eigenvalue weighted by molar-refractivity contribution is 4.95. The van der Waals surface area contributed by atoms with Gasteiger partial charge in [-0.15, -0.1) is 0 Å². The van der Waals surface area contributed by atoms with Gasteiger partial charge in [0.1, 0.15) is 0 Å². The Morgan fingerprint density at radius 3 is 1.26 bits per heavy atom. The van der Waals surface area contributed by atoms with E-state index >= 15 is 0 Å². The van der Waals surface area contributed by atoms with Crippen molar-refractivity contribution < 1.29 is 0 Å². The van der Waals surface area contributed by atoms with Crippen LogP contribution in [0.1, 0.15) is 93.9 Å². The van der Waals surface area contributed by atoms with Gasteiger partial charge in [0.25, 0.3) is 0 Å². The smallest absolute Gasteiger partial charge is 0.0181 e. The van der Waals surface area contributed by atoms with Crippen LogP contribution in [0.15, 0.2) is 0 Å². The van der Waals surface area contributed by atoms with E-state index in [2.05, 4.69) is 60.3 Å². The standard InChI is InChI=1S/C22H43N/c1-20(2,3)17-9-11-19(12-10-17)22(7,8)23-15-13-18(14-16-23)21(4,5)6/h17-19H,9-16H2,1-8H3. The van der Waals surface area contributed by atoms with Crippen LogP contribution in [0.2, 0.25) is 0 Å². The van der Waals surface area contributed by atoms with Crippen molar-refractivity contribution in [3.8, 4) is 0 Å². The monoisotopic (exact) mass is 321 g/mol. The lowest BCUT2D eigenvalue weighted by molar-refractivity contribution is -0.0105. The zero-order valence-electron chi connectivity index (χ0n) is 17.3. The van der Waals surface area contributed by atoms with Gasteiger partial charge in [-0.3, -0.25) is 4.90 Å². The first-order valence-electron chi connectivity index (χ1n) is 10.2.